The van der Waals surface area contributed by atoms with Gasteiger partial charge >= 0.3 is 0 Å². The smallest absolute Gasteiger partial charge is 0.234 e. The normalized spacial score (nSPS) is 10.3. The largest absolute Gasteiger partial charge is 0.324 e. The summed E-state index contributed by atoms with van der Waals surface area (Å²) in [6.07, 6.45) is 0. The first-order chi connectivity index (χ1) is 13.6. The maximum Gasteiger partial charge on any atom is 0.234 e. The Balaban J connectivity index is 1.68. The first-order valence-electron chi connectivity index (χ1n) is 8.57. The van der Waals surface area contributed by atoms with Gasteiger partial charge in [0.2, 0.25) is 5.91 Å². The van der Waals surface area contributed by atoms with E-state index in [1.54, 1.807) is 11.8 Å². The molecule has 0 radical (unpaired) electrons. The molecule has 1 aromatic heterocycles. The van der Waals surface area contributed by atoms with Crippen LogP contribution in [0.4, 0.5) is 5.69 Å². The van der Waals surface area contributed by atoms with E-state index in [-0.39, 0.29) is 11.7 Å². The molecule has 0 fully saturated rings. The molecule has 3 aromatic rings. The van der Waals surface area contributed by atoms with Crippen LogP contribution < -0.4 is 5.32 Å². The van der Waals surface area contributed by atoms with Crippen molar-refractivity contribution in [2.75, 3.05) is 11.1 Å². The van der Waals surface area contributed by atoms with Gasteiger partial charge in [0, 0.05) is 9.79 Å². The van der Waals surface area contributed by atoms with Gasteiger partial charge in [-0.05, 0) is 43.7 Å². The fourth-order valence-corrected chi connectivity index (χ4v) is 4.12. The summed E-state index contributed by atoms with van der Waals surface area (Å²) in [5, 5.41) is 20.9. The number of nitrogens with one attached hydrogen (secondary N) is 1. The van der Waals surface area contributed by atoms with Crippen molar-refractivity contribution in [3.05, 3.63) is 71.4 Å². The summed E-state index contributed by atoms with van der Waals surface area (Å²) in [4.78, 5) is 14.5. The molecule has 28 heavy (non-hydrogen) atoms. The molecule has 0 aliphatic rings. The third-order valence-corrected chi connectivity index (χ3v) is 6.06. The molecule has 0 bridgehead atoms. The molecule has 5 nitrogen and oxygen atoms in total. The van der Waals surface area contributed by atoms with E-state index >= 15 is 0 Å². The van der Waals surface area contributed by atoms with Crippen molar-refractivity contribution in [1.82, 2.24) is 10.2 Å². The number of carbonyl (C=O) groups is 1. The lowest BCUT2D eigenvalue weighted by molar-refractivity contribution is -0.113. The number of carbonyl (C=O) groups excluding carboxylic acids is 1. The summed E-state index contributed by atoms with van der Waals surface area (Å²) >= 11 is 2.81. The van der Waals surface area contributed by atoms with Gasteiger partial charge in [-0.15, -0.1) is 5.10 Å². The van der Waals surface area contributed by atoms with E-state index in [0.717, 1.165) is 26.7 Å². The van der Waals surface area contributed by atoms with Crippen LogP contribution in [0.5, 0.6) is 0 Å². The van der Waals surface area contributed by atoms with E-state index in [0.29, 0.717) is 10.6 Å². The molecule has 7 heteroatoms. The van der Waals surface area contributed by atoms with Crippen LogP contribution in [0.25, 0.3) is 0 Å². The van der Waals surface area contributed by atoms with Crippen molar-refractivity contribution in [3.8, 4) is 6.07 Å². The van der Waals surface area contributed by atoms with Crippen molar-refractivity contribution < 1.29 is 4.79 Å². The number of amides is 1. The number of nitrogens with zero attached hydrogens (tertiary/aromatic N) is 3. The van der Waals surface area contributed by atoms with Gasteiger partial charge in [-0.3, -0.25) is 4.79 Å². The van der Waals surface area contributed by atoms with Gasteiger partial charge in [-0.1, -0.05) is 53.9 Å². The molecule has 1 amide bonds. The van der Waals surface area contributed by atoms with Crippen LogP contribution in [0.3, 0.4) is 0 Å². The molecule has 0 saturated heterocycles. The number of aromatic nitrogens is 2. The highest BCUT2D eigenvalue weighted by molar-refractivity contribution is 8.00. The second-order valence-corrected chi connectivity index (χ2v) is 8.03. The lowest BCUT2D eigenvalue weighted by Crippen LogP contribution is -2.15. The van der Waals surface area contributed by atoms with Gasteiger partial charge in [-0.25, -0.2) is 0 Å². The van der Waals surface area contributed by atoms with E-state index in [1.807, 2.05) is 68.4 Å². The Morgan fingerprint density at radius 3 is 2.54 bits per heavy atom. The molecule has 0 saturated carbocycles. The molecular formula is C21H18N4OS2. The zero-order chi connectivity index (χ0) is 19.9. The van der Waals surface area contributed by atoms with E-state index in [9.17, 15) is 10.1 Å². The van der Waals surface area contributed by atoms with E-state index in [4.69, 9.17) is 0 Å². The Kier molecular flexibility index (Phi) is 6.69. The molecule has 1 N–H and O–H groups in total. The standard InChI is InChI=1S/C21H18N4OS2/c1-14-15(2)24-25-21(17(14)12-22)27-13-20(26)23-18-10-6-7-11-19(18)28-16-8-4-3-5-9-16/h3-11H,13H2,1-2H3,(H,23,26). The Hall–Kier alpha value is -2.82. The van der Waals surface area contributed by atoms with Gasteiger partial charge in [0.1, 0.15) is 11.1 Å². The first-order valence-corrected chi connectivity index (χ1v) is 10.4. The third-order valence-electron chi connectivity index (χ3n) is 4.01. The summed E-state index contributed by atoms with van der Waals surface area (Å²) in [7, 11) is 0. The van der Waals surface area contributed by atoms with Crippen molar-refractivity contribution in [2.45, 2.75) is 28.7 Å². The van der Waals surface area contributed by atoms with Crippen molar-refractivity contribution in [1.29, 1.82) is 5.26 Å². The minimum atomic E-state index is -0.157. The molecule has 140 valence electrons. The van der Waals surface area contributed by atoms with Crippen molar-refractivity contribution in [3.63, 3.8) is 0 Å². The van der Waals surface area contributed by atoms with Gasteiger partial charge < -0.3 is 5.32 Å². The second-order valence-electron chi connectivity index (χ2n) is 5.95. The Morgan fingerprint density at radius 2 is 1.79 bits per heavy atom. The first kappa shape index (κ1) is 19.9. The number of thioether (sulfide) groups is 1. The number of para-hydroxylation sites is 1. The number of hydrogen-bond donors (Lipinski definition) is 1. The SMILES string of the molecule is Cc1nnc(SCC(=O)Nc2ccccc2Sc2ccccc2)c(C#N)c1C. The predicted molar refractivity (Wildman–Crippen MR) is 113 cm³/mol. The molecule has 0 unspecified atom stereocenters. The van der Waals surface area contributed by atoms with Gasteiger partial charge in [0.15, 0.2) is 0 Å². The van der Waals surface area contributed by atoms with Crippen molar-refractivity contribution in [2.24, 2.45) is 0 Å². The molecule has 0 atom stereocenters. The second kappa shape index (κ2) is 9.40. The monoisotopic (exact) mass is 406 g/mol. The number of anilines is 1. The lowest BCUT2D eigenvalue weighted by atomic mass is 10.1. The van der Waals surface area contributed by atoms with Crippen LogP contribution in [0, 0.1) is 25.2 Å². The Morgan fingerprint density at radius 1 is 1.07 bits per heavy atom. The summed E-state index contributed by atoms with van der Waals surface area (Å²) in [6.45, 7) is 3.65. The molecule has 3 rings (SSSR count). The quantitative estimate of drug-likeness (QED) is 0.590. The molecule has 0 aliphatic heterocycles. The minimum absolute atomic E-state index is 0.149. The maximum absolute atomic E-state index is 12.5. The summed E-state index contributed by atoms with van der Waals surface area (Å²) < 4.78 is 0. The van der Waals surface area contributed by atoms with Crippen molar-refractivity contribution >= 4 is 35.1 Å². The van der Waals surface area contributed by atoms with E-state index in [1.165, 1.54) is 11.8 Å². The maximum atomic E-state index is 12.5. The Labute approximate surface area is 172 Å². The van der Waals surface area contributed by atoms with Crippen LogP contribution in [0.15, 0.2) is 69.4 Å². The Bertz CT molecular complexity index is 1030. The molecular weight excluding hydrogens is 388 g/mol. The molecule has 1 heterocycles. The number of nitriles is 1. The predicted octanol–water partition coefficient (Wildman–Crippen LogP) is 4.85. The van der Waals surface area contributed by atoms with Crippen LogP contribution in [-0.4, -0.2) is 21.9 Å². The van der Waals surface area contributed by atoms with Crippen LogP contribution in [0.1, 0.15) is 16.8 Å². The average Bonchev–Trinajstić information content (AvgIpc) is 2.71. The number of aryl methyl sites for hydroxylation is 1. The van der Waals surface area contributed by atoms with Gasteiger partial charge in [-0.2, -0.15) is 10.4 Å². The zero-order valence-electron chi connectivity index (χ0n) is 15.5. The van der Waals surface area contributed by atoms with Crippen LogP contribution in [0.2, 0.25) is 0 Å². The number of hydrogen-bond acceptors (Lipinski definition) is 6. The molecule has 0 spiro atoms. The topological polar surface area (TPSA) is 78.7 Å². The fraction of sp³-hybridized carbons (Fsp3) is 0.143. The van der Waals surface area contributed by atoms with Crippen LogP contribution >= 0.6 is 23.5 Å². The molecule has 0 aliphatic carbocycles. The zero-order valence-corrected chi connectivity index (χ0v) is 17.1. The summed E-state index contributed by atoms with van der Waals surface area (Å²) in [5.41, 5.74) is 2.75. The third kappa shape index (κ3) is 4.91. The minimum Gasteiger partial charge on any atom is -0.324 e. The average molecular weight is 407 g/mol. The van der Waals surface area contributed by atoms with Gasteiger partial charge in [0.05, 0.1) is 22.7 Å². The highest BCUT2D eigenvalue weighted by Gasteiger charge is 2.14. The molecule has 2 aromatic carbocycles. The lowest BCUT2D eigenvalue weighted by Gasteiger charge is -2.11. The number of benzene rings is 2. The van der Waals surface area contributed by atoms with Crippen LogP contribution in [-0.2, 0) is 4.79 Å². The summed E-state index contributed by atoms with van der Waals surface area (Å²) in [5.74, 6) is -0.00837. The highest BCUT2D eigenvalue weighted by atomic mass is 32.2. The van der Waals surface area contributed by atoms with E-state index in [2.05, 4.69) is 21.6 Å². The fourth-order valence-electron chi connectivity index (χ4n) is 2.41. The van der Waals surface area contributed by atoms with Gasteiger partial charge in [0.25, 0.3) is 0 Å². The van der Waals surface area contributed by atoms with E-state index < -0.39 is 0 Å². The number of rotatable bonds is 6. The summed E-state index contributed by atoms with van der Waals surface area (Å²) in [6, 6.07) is 19.8. The highest BCUT2D eigenvalue weighted by Crippen LogP contribution is 2.33.